The van der Waals surface area contributed by atoms with Gasteiger partial charge in [0.2, 0.25) is 17.7 Å². The molecule has 9 rings (SSSR count). The lowest BCUT2D eigenvalue weighted by molar-refractivity contribution is -0.143. The highest BCUT2D eigenvalue weighted by Gasteiger charge is 2.44. The standard InChI is InChI=1S/C55H59N9O11S/c1-34(2)49(64-32-38-8-5-6-9-41(38)54(64)68)55(69)63-19-7-10-45(63)52(67)57-30-37-12-11-36(50-35(3)58-33-76-50)28-47(37)74-27-25-72-23-21-70-20-22-71-24-26-73-40-14-15-42(56-31-40)51(66)59-39-13-17-46-44(29-39)60-53(75-46)43-16-18-48(65)62(4)61-43/h5-6,8-9,11-18,28-29,31,33-34,45,49H,7,10,19-27,30,32H2,1-4H3,(H,57,67)(H,59,66)/t45-,49-/m0/s1. The molecular weight excluding hydrogens is 995 g/mol. The summed E-state index contributed by atoms with van der Waals surface area (Å²) in [7, 11) is 1.54. The zero-order valence-electron chi connectivity index (χ0n) is 42.7. The molecule has 3 aromatic carbocycles. The first kappa shape index (κ1) is 53.0. The molecule has 21 heteroatoms. The number of oxazole rings is 1. The molecule has 4 amide bonds. The van der Waals surface area contributed by atoms with Gasteiger partial charge < -0.3 is 48.5 Å². The van der Waals surface area contributed by atoms with Crippen molar-refractivity contribution < 1.29 is 47.3 Å². The molecule has 2 aliphatic heterocycles. The molecule has 6 heterocycles. The number of carbonyl (C=O) groups excluding carboxylic acids is 4. The van der Waals surface area contributed by atoms with Gasteiger partial charge in [-0.3, -0.25) is 24.0 Å². The molecule has 0 spiro atoms. The normalized spacial score (nSPS) is 14.6. The van der Waals surface area contributed by atoms with E-state index in [1.807, 2.05) is 57.2 Å². The smallest absolute Gasteiger partial charge is 0.274 e. The molecule has 2 aliphatic rings. The summed E-state index contributed by atoms with van der Waals surface area (Å²) in [5.41, 5.74) is 7.79. The molecule has 20 nitrogen and oxygen atoms in total. The summed E-state index contributed by atoms with van der Waals surface area (Å²) in [5, 5.41) is 10.1. The number of pyridine rings is 1. The monoisotopic (exact) mass is 1050 g/mol. The van der Waals surface area contributed by atoms with Gasteiger partial charge in [-0.25, -0.2) is 19.6 Å². The van der Waals surface area contributed by atoms with Crippen LogP contribution in [0.3, 0.4) is 0 Å². The minimum absolute atomic E-state index is 0.151. The second-order valence-corrected chi connectivity index (χ2v) is 19.4. The van der Waals surface area contributed by atoms with Crippen LogP contribution in [-0.4, -0.2) is 130 Å². The molecule has 0 unspecified atom stereocenters. The number of aromatic nitrogens is 5. The van der Waals surface area contributed by atoms with Gasteiger partial charge in [-0.05, 0) is 85.3 Å². The van der Waals surface area contributed by atoms with Crippen molar-refractivity contribution in [2.24, 2.45) is 13.0 Å². The lowest BCUT2D eigenvalue weighted by Crippen LogP contribution is -2.55. The number of carbonyl (C=O) groups is 4. The van der Waals surface area contributed by atoms with Crippen LogP contribution in [0.5, 0.6) is 11.5 Å². The minimum atomic E-state index is -0.688. The van der Waals surface area contributed by atoms with Gasteiger partial charge in [0.25, 0.3) is 17.4 Å². The number of amides is 4. The van der Waals surface area contributed by atoms with Crippen molar-refractivity contribution in [1.82, 2.24) is 39.8 Å². The first-order valence-electron chi connectivity index (χ1n) is 25.1. The average molecular weight is 1050 g/mol. The summed E-state index contributed by atoms with van der Waals surface area (Å²) in [6.45, 7) is 9.38. The van der Waals surface area contributed by atoms with Crippen molar-refractivity contribution in [2.75, 3.05) is 64.7 Å². The summed E-state index contributed by atoms with van der Waals surface area (Å²) < 4.78 is 36.1. The Kier molecular flexibility index (Phi) is 17.2. The molecule has 4 aromatic heterocycles. The van der Waals surface area contributed by atoms with E-state index in [2.05, 4.69) is 30.7 Å². The number of hydrogen-bond acceptors (Lipinski definition) is 16. The lowest BCUT2D eigenvalue weighted by Gasteiger charge is -2.35. The van der Waals surface area contributed by atoms with Crippen molar-refractivity contribution in [2.45, 2.75) is 58.8 Å². The van der Waals surface area contributed by atoms with Crippen LogP contribution in [0.25, 0.3) is 33.1 Å². The summed E-state index contributed by atoms with van der Waals surface area (Å²) in [4.78, 5) is 83.6. The van der Waals surface area contributed by atoms with Gasteiger partial charge in [-0.15, -0.1) is 11.3 Å². The largest absolute Gasteiger partial charge is 0.491 e. The van der Waals surface area contributed by atoms with Gasteiger partial charge in [0.15, 0.2) is 5.58 Å². The van der Waals surface area contributed by atoms with Gasteiger partial charge in [0.05, 0.1) is 61.9 Å². The second-order valence-electron chi connectivity index (χ2n) is 18.5. The van der Waals surface area contributed by atoms with Crippen LogP contribution in [-0.2, 0) is 43.9 Å². The quantitative estimate of drug-likeness (QED) is 0.0619. The van der Waals surface area contributed by atoms with Gasteiger partial charge in [0.1, 0.15) is 53.7 Å². The predicted molar refractivity (Wildman–Crippen MR) is 282 cm³/mol. The third kappa shape index (κ3) is 12.6. The lowest BCUT2D eigenvalue weighted by atomic mass is 10.0. The highest BCUT2D eigenvalue weighted by Crippen LogP contribution is 2.34. The number of nitrogens with zero attached hydrogens (tertiary/aromatic N) is 7. The molecule has 1 saturated heterocycles. The second kappa shape index (κ2) is 24.7. The molecule has 1 fully saturated rings. The molecule has 0 aliphatic carbocycles. The Labute approximate surface area is 442 Å². The van der Waals surface area contributed by atoms with Crippen molar-refractivity contribution in [1.29, 1.82) is 0 Å². The highest BCUT2D eigenvalue weighted by atomic mass is 32.1. The van der Waals surface area contributed by atoms with Crippen LogP contribution < -0.4 is 25.7 Å². The van der Waals surface area contributed by atoms with Gasteiger partial charge in [-0.1, -0.05) is 44.2 Å². The summed E-state index contributed by atoms with van der Waals surface area (Å²) in [6.07, 6.45) is 2.69. The maximum Gasteiger partial charge on any atom is 0.274 e. The van der Waals surface area contributed by atoms with E-state index in [-0.39, 0.29) is 60.5 Å². The van der Waals surface area contributed by atoms with Crippen molar-refractivity contribution in [3.05, 3.63) is 135 Å². The number of ether oxygens (including phenoxy) is 5. The van der Waals surface area contributed by atoms with Crippen LogP contribution in [0.4, 0.5) is 5.69 Å². The molecular formula is C55H59N9O11S. The van der Waals surface area contributed by atoms with Crippen molar-refractivity contribution in [3.8, 4) is 33.5 Å². The zero-order valence-corrected chi connectivity index (χ0v) is 43.5. The fourth-order valence-electron chi connectivity index (χ4n) is 9.11. The first-order valence-corrected chi connectivity index (χ1v) is 26.0. The fourth-order valence-corrected chi connectivity index (χ4v) is 9.91. The van der Waals surface area contributed by atoms with E-state index in [9.17, 15) is 24.0 Å². The summed E-state index contributed by atoms with van der Waals surface area (Å²) in [5.74, 6) is 0.149. The van der Waals surface area contributed by atoms with Crippen LogP contribution in [0.2, 0.25) is 0 Å². The number of likely N-dealkylation sites (tertiary alicyclic amines) is 1. The molecule has 2 atom stereocenters. The number of fused-ring (bicyclic) bond motifs is 2. The van der Waals surface area contributed by atoms with Crippen LogP contribution in [0, 0.1) is 12.8 Å². The number of rotatable bonds is 24. The Morgan fingerprint density at radius 1 is 0.855 bits per heavy atom. The Balaban J connectivity index is 0.663. The Morgan fingerprint density at radius 3 is 2.33 bits per heavy atom. The maximum atomic E-state index is 14.2. The Bertz CT molecular complexity index is 3250. The maximum absolute atomic E-state index is 14.2. The number of nitrogens with one attached hydrogen (secondary N) is 2. The molecule has 0 bridgehead atoms. The van der Waals surface area contributed by atoms with E-state index in [0.29, 0.717) is 105 Å². The van der Waals surface area contributed by atoms with E-state index in [4.69, 9.17) is 28.1 Å². The minimum Gasteiger partial charge on any atom is -0.491 e. The van der Waals surface area contributed by atoms with Gasteiger partial charge in [0, 0.05) is 49.6 Å². The van der Waals surface area contributed by atoms with Crippen molar-refractivity contribution >= 4 is 51.8 Å². The van der Waals surface area contributed by atoms with Crippen LogP contribution in [0.1, 0.15) is 64.4 Å². The Morgan fingerprint density at radius 2 is 1.62 bits per heavy atom. The Hall–Kier alpha value is -7.85. The molecule has 0 radical (unpaired) electrons. The molecule has 2 N–H and O–H groups in total. The average Bonchev–Trinajstić information content (AvgIpc) is 4.26. The van der Waals surface area contributed by atoms with E-state index in [0.717, 1.165) is 27.3 Å². The topological polar surface area (TPSA) is 232 Å². The third-order valence-electron chi connectivity index (χ3n) is 13.0. The van der Waals surface area contributed by atoms with Crippen LogP contribution in [0.15, 0.2) is 106 Å². The van der Waals surface area contributed by atoms with Crippen LogP contribution >= 0.6 is 11.3 Å². The van der Waals surface area contributed by atoms with E-state index < -0.39 is 18.0 Å². The number of thiazole rings is 1. The van der Waals surface area contributed by atoms with E-state index in [1.165, 1.54) is 34.3 Å². The SMILES string of the molecule is Cc1ncsc1-c1ccc(CNC(=O)[C@@H]2CCCN2C(=O)[C@H](C(C)C)N2Cc3ccccc3C2=O)c(OCCOCCOCCOCCOc2ccc(C(=O)Nc3ccc4oc(-c5ccc(=O)n(C)n5)nc4c3)nc2)c1. The zero-order chi connectivity index (χ0) is 53.1. The number of aryl methyl sites for hydroxylation is 2. The third-order valence-corrected chi connectivity index (χ3v) is 13.9. The number of hydrogen-bond donors (Lipinski definition) is 2. The highest BCUT2D eigenvalue weighted by molar-refractivity contribution is 7.13. The summed E-state index contributed by atoms with van der Waals surface area (Å²) >= 11 is 1.54. The molecule has 396 valence electrons. The van der Waals surface area contributed by atoms with Gasteiger partial charge in [-0.2, -0.15) is 5.10 Å². The first-order chi connectivity index (χ1) is 36.9. The van der Waals surface area contributed by atoms with E-state index in [1.54, 1.807) is 58.8 Å². The fraction of sp³-hybridized carbons (Fsp3) is 0.364. The molecule has 0 saturated carbocycles. The van der Waals surface area contributed by atoms with Crippen molar-refractivity contribution in [3.63, 3.8) is 0 Å². The van der Waals surface area contributed by atoms with E-state index >= 15 is 0 Å². The predicted octanol–water partition coefficient (Wildman–Crippen LogP) is 6.46. The number of benzene rings is 3. The molecule has 7 aromatic rings. The number of anilines is 1. The van der Waals surface area contributed by atoms with Gasteiger partial charge >= 0.3 is 0 Å². The summed E-state index contributed by atoms with van der Waals surface area (Å²) in [6, 6.07) is 23.2. The molecule has 76 heavy (non-hydrogen) atoms.